The molecule has 2 rings (SSSR count). The van der Waals surface area contributed by atoms with E-state index in [-0.39, 0.29) is 5.41 Å². The second-order valence-electron chi connectivity index (χ2n) is 6.29. The Morgan fingerprint density at radius 1 is 1.05 bits per heavy atom. The van der Waals surface area contributed by atoms with Gasteiger partial charge in [0.25, 0.3) is 0 Å². The van der Waals surface area contributed by atoms with E-state index in [0.717, 1.165) is 24.2 Å². The minimum atomic E-state index is -0.239. The van der Waals surface area contributed by atoms with Gasteiger partial charge in [-0.15, -0.1) is 0 Å². The van der Waals surface area contributed by atoms with Crippen LogP contribution in [0.3, 0.4) is 0 Å². The molecule has 21 heavy (non-hydrogen) atoms. The van der Waals surface area contributed by atoms with Crippen molar-refractivity contribution in [3.8, 4) is 11.4 Å². The van der Waals surface area contributed by atoms with Crippen LogP contribution in [0.2, 0.25) is 0 Å². The molecule has 0 bridgehead atoms. The van der Waals surface area contributed by atoms with Crippen LogP contribution in [0.4, 0.5) is 0 Å². The van der Waals surface area contributed by atoms with Crippen LogP contribution in [0, 0.1) is 5.41 Å². The first kappa shape index (κ1) is 15.4. The maximum Gasteiger partial charge on any atom is 0.138 e. The normalized spacial score (nSPS) is 11.4. The first-order valence-electron chi connectivity index (χ1n) is 7.36. The summed E-state index contributed by atoms with van der Waals surface area (Å²) in [7, 11) is 0. The summed E-state index contributed by atoms with van der Waals surface area (Å²) >= 11 is 0. The molecule has 3 heteroatoms. The zero-order chi connectivity index (χ0) is 15.3. The molecular weight excluding hydrogens is 260 g/mol. The van der Waals surface area contributed by atoms with Gasteiger partial charge in [-0.3, -0.25) is 14.8 Å². The summed E-state index contributed by atoms with van der Waals surface area (Å²) < 4.78 is 0. The van der Waals surface area contributed by atoms with Crippen molar-refractivity contribution < 1.29 is 4.79 Å². The van der Waals surface area contributed by atoms with Crippen molar-refractivity contribution in [2.45, 2.75) is 40.0 Å². The first-order chi connectivity index (χ1) is 9.97. The Morgan fingerprint density at radius 2 is 1.81 bits per heavy atom. The summed E-state index contributed by atoms with van der Waals surface area (Å²) in [6, 6.07) is 9.87. The average molecular weight is 282 g/mol. The van der Waals surface area contributed by atoms with Gasteiger partial charge in [-0.2, -0.15) is 0 Å². The zero-order valence-electron chi connectivity index (χ0n) is 13.0. The summed E-state index contributed by atoms with van der Waals surface area (Å²) in [6.45, 7) is 5.92. The molecule has 0 saturated heterocycles. The van der Waals surface area contributed by atoms with Gasteiger partial charge >= 0.3 is 0 Å². The fraction of sp³-hybridized carbons (Fsp3) is 0.389. The van der Waals surface area contributed by atoms with E-state index in [0.29, 0.717) is 12.2 Å². The van der Waals surface area contributed by atoms with E-state index in [1.54, 1.807) is 6.20 Å². The van der Waals surface area contributed by atoms with Crippen molar-refractivity contribution >= 4 is 5.78 Å². The number of aryl methyl sites for hydroxylation is 1. The zero-order valence-corrected chi connectivity index (χ0v) is 13.0. The monoisotopic (exact) mass is 282 g/mol. The van der Waals surface area contributed by atoms with E-state index in [2.05, 4.69) is 16.0 Å². The van der Waals surface area contributed by atoms with E-state index in [1.807, 2.05) is 51.2 Å². The van der Waals surface area contributed by atoms with Gasteiger partial charge < -0.3 is 0 Å². The van der Waals surface area contributed by atoms with E-state index in [4.69, 9.17) is 0 Å². The molecule has 2 aromatic rings. The molecule has 0 aromatic carbocycles. The highest BCUT2D eigenvalue weighted by molar-refractivity contribution is 5.83. The largest absolute Gasteiger partial charge is 0.299 e. The molecule has 2 aromatic heterocycles. The lowest BCUT2D eigenvalue weighted by Crippen LogP contribution is -2.19. The quantitative estimate of drug-likeness (QED) is 0.829. The lowest BCUT2D eigenvalue weighted by atomic mass is 9.87. The summed E-state index contributed by atoms with van der Waals surface area (Å²) in [5.41, 5.74) is 2.73. The van der Waals surface area contributed by atoms with Crippen molar-refractivity contribution in [2.24, 2.45) is 5.41 Å². The molecule has 0 radical (unpaired) electrons. The molecule has 0 aliphatic heterocycles. The minimum absolute atomic E-state index is 0.239. The molecular formula is C18H22N2O. The van der Waals surface area contributed by atoms with Crippen molar-refractivity contribution in [1.29, 1.82) is 0 Å². The summed E-state index contributed by atoms with van der Waals surface area (Å²) in [5.74, 6) is 0.321. The number of Topliss-reactive ketones (excluding diaryl/α,β-unsaturated/α-hetero) is 1. The fourth-order valence-electron chi connectivity index (χ4n) is 2.11. The number of hydrogen-bond donors (Lipinski definition) is 0. The smallest absolute Gasteiger partial charge is 0.138 e. The van der Waals surface area contributed by atoms with Gasteiger partial charge in [0.2, 0.25) is 0 Å². The van der Waals surface area contributed by atoms with E-state index >= 15 is 0 Å². The topological polar surface area (TPSA) is 42.9 Å². The number of aromatic nitrogens is 2. The van der Waals surface area contributed by atoms with Gasteiger partial charge in [0.05, 0.1) is 11.4 Å². The Kier molecular flexibility index (Phi) is 4.84. The molecule has 3 nitrogen and oxygen atoms in total. The fourth-order valence-corrected chi connectivity index (χ4v) is 2.11. The van der Waals surface area contributed by atoms with Gasteiger partial charge in [0.1, 0.15) is 5.78 Å². The summed E-state index contributed by atoms with van der Waals surface area (Å²) in [6.07, 6.45) is 5.98. The maximum absolute atomic E-state index is 11.9. The molecule has 0 atom stereocenters. The molecule has 110 valence electrons. The number of pyridine rings is 2. The molecule has 0 saturated carbocycles. The van der Waals surface area contributed by atoms with Gasteiger partial charge in [-0.05, 0) is 42.7 Å². The van der Waals surface area contributed by atoms with Crippen LogP contribution in [-0.4, -0.2) is 15.8 Å². The Bertz CT molecular complexity index is 600. The average Bonchev–Trinajstić information content (AvgIpc) is 2.47. The first-order valence-corrected chi connectivity index (χ1v) is 7.36. The van der Waals surface area contributed by atoms with Crippen LogP contribution in [0.15, 0.2) is 42.7 Å². The molecule has 0 N–H and O–H groups in total. The van der Waals surface area contributed by atoms with Crippen LogP contribution in [0.25, 0.3) is 11.4 Å². The standard InChI is InChI=1S/C18H22N2O/c1-18(2,3)17(21)9-6-7-14-10-12-20-16(13-14)15-8-4-5-11-19-15/h4-5,8,10-13H,6-7,9H2,1-3H3. The van der Waals surface area contributed by atoms with Crippen LogP contribution in [0.5, 0.6) is 0 Å². The number of carbonyl (C=O) groups excluding carboxylic acids is 1. The van der Waals surface area contributed by atoms with Gasteiger partial charge in [0.15, 0.2) is 0 Å². The second kappa shape index (κ2) is 6.61. The van der Waals surface area contributed by atoms with Crippen molar-refractivity contribution in [2.75, 3.05) is 0 Å². The van der Waals surface area contributed by atoms with Crippen molar-refractivity contribution in [3.05, 3.63) is 48.3 Å². The van der Waals surface area contributed by atoms with Gasteiger partial charge in [0, 0.05) is 24.2 Å². The third-order valence-electron chi connectivity index (χ3n) is 3.46. The Hall–Kier alpha value is -2.03. The molecule has 0 unspecified atom stereocenters. The highest BCUT2D eigenvalue weighted by Crippen LogP contribution is 2.20. The number of ketones is 1. The molecule has 0 amide bonds. The van der Waals surface area contributed by atoms with Crippen LogP contribution >= 0.6 is 0 Å². The SMILES string of the molecule is CC(C)(C)C(=O)CCCc1ccnc(-c2ccccn2)c1. The highest BCUT2D eigenvalue weighted by atomic mass is 16.1. The van der Waals surface area contributed by atoms with Crippen LogP contribution < -0.4 is 0 Å². The Labute approximate surface area is 126 Å². The Balaban J connectivity index is 1.98. The second-order valence-corrected chi connectivity index (χ2v) is 6.29. The van der Waals surface area contributed by atoms with Gasteiger partial charge in [-0.1, -0.05) is 26.8 Å². The summed E-state index contributed by atoms with van der Waals surface area (Å²) in [5, 5.41) is 0. The van der Waals surface area contributed by atoms with E-state index < -0.39 is 0 Å². The Morgan fingerprint density at radius 3 is 2.48 bits per heavy atom. The third kappa shape index (κ3) is 4.48. The predicted molar refractivity (Wildman–Crippen MR) is 84.9 cm³/mol. The van der Waals surface area contributed by atoms with Crippen LogP contribution in [-0.2, 0) is 11.2 Å². The highest BCUT2D eigenvalue weighted by Gasteiger charge is 2.20. The number of rotatable bonds is 5. The number of hydrogen-bond acceptors (Lipinski definition) is 3. The molecule has 0 spiro atoms. The maximum atomic E-state index is 11.9. The lowest BCUT2D eigenvalue weighted by Gasteiger charge is -2.16. The van der Waals surface area contributed by atoms with Crippen molar-refractivity contribution in [1.82, 2.24) is 9.97 Å². The number of carbonyl (C=O) groups is 1. The van der Waals surface area contributed by atoms with E-state index in [1.165, 1.54) is 5.56 Å². The summed E-state index contributed by atoms with van der Waals surface area (Å²) in [4.78, 5) is 20.6. The third-order valence-corrected chi connectivity index (χ3v) is 3.46. The van der Waals surface area contributed by atoms with E-state index in [9.17, 15) is 4.79 Å². The number of nitrogens with zero attached hydrogens (tertiary/aromatic N) is 2. The molecule has 2 heterocycles. The minimum Gasteiger partial charge on any atom is -0.299 e. The van der Waals surface area contributed by atoms with Crippen LogP contribution in [0.1, 0.15) is 39.2 Å². The van der Waals surface area contributed by atoms with Gasteiger partial charge in [-0.25, -0.2) is 0 Å². The molecule has 0 aliphatic carbocycles. The predicted octanol–water partition coefficient (Wildman–Crippen LogP) is 4.08. The van der Waals surface area contributed by atoms with Crippen molar-refractivity contribution in [3.63, 3.8) is 0 Å². The molecule has 0 aliphatic rings. The molecule has 0 fully saturated rings. The lowest BCUT2D eigenvalue weighted by molar-refractivity contribution is -0.126.